The third kappa shape index (κ3) is 2.67. The molecule has 6 nitrogen and oxygen atoms in total. The number of nitrogen functional groups attached to an aromatic ring is 1. The van der Waals surface area contributed by atoms with Gasteiger partial charge in [0, 0.05) is 12.8 Å². The number of ether oxygens (including phenoxy) is 1. The van der Waals surface area contributed by atoms with Crippen LogP contribution >= 0.6 is 15.9 Å². The molecule has 0 saturated carbocycles. The van der Waals surface area contributed by atoms with Crippen molar-refractivity contribution < 1.29 is 9.84 Å². The number of anilines is 1. The maximum absolute atomic E-state index is 11.7. The van der Waals surface area contributed by atoms with E-state index < -0.39 is 5.69 Å². The predicted molar refractivity (Wildman–Crippen MR) is 65.5 cm³/mol. The molecule has 0 radical (unpaired) electrons. The second kappa shape index (κ2) is 5.16. The lowest BCUT2D eigenvalue weighted by Gasteiger charge is -2.15. The monoisotopic (exact) mass is 303 g/mol. The minimum absolute atomic E-state index is 0.00762. The van der Waals surface area contributed by atoms with Crippen LogP contribution in [0.2, 0.25) is 0 Å². The average molecular weight is 304 g/mol. The van der Waals surface area contributed by atoms with Crippen molar-refractivity contribution in [1.29, 1.82) is 0 Å². The smallest absolute Gasteiger partial charge is 0.351 e. The SMILES string of the molecule is Nc1nc(=O)n([C@H]2CCC(CCO)O2)cc1Br. The minimum atomic E-state index is -0.416. The molecular weight excluding hydrogens is 290 g/mol. The molecule has 2 heterocycles. The van der Waals surface area contributed by atoms with E-state index in [1.807, 2.05) is 0 Å². The average Bonchev–Trinajstić information content (AvgIpc) is 2.72. The molecule has 0 spiro atoms. The second-order valence-electron chi connectivity index (χ2n) is 3.97. The molecule has 7 heteroatoms. The summed E-state index contributed by atoms with van der Waals surface area (Å²) in [6.45, 7) is 0.0932. The molecule has 1 aromatic rings. The van der Waals surface area contributed by atoms with Gasteiger partial charge >= 0.3 is 5.69 Å². The number of aromatic nitrogens is 2. The van der Waals surface area contributed by atoms with Gasteiger partial charge in [0.25, 0.3) is 0 Å². The van der Waals surface area contributed by atoms with Crippen LogP contribution in [-0.4, -0.2) is 27.4 Å². The Labute approximate surface area is 107 Å². The van der Waals surface area contributed by atoms with Gasteiger partial charge in [0.1, 0.15) is 12.0 Å². The highest BCUT2D eigenvalue weighted by atomic mass is 79.9. The normalized spacial score (nSPS) is 24.1. The van der Waals surface area contributed by atoms with E-state index in [2.05, 4.69) is 20.9 Å². The van der Waals surface area contributed by atoms with Crippen LogP contribution in [0.3, 0.4) is 0 Å². The number of rotatable bonds is 3. The summed E-state index contributed by atoms with van der Waals surface area (Å²) in [5.74, 6) is 0.177. The first-order chi connectivity index (χ1) is 8.11. The van der Waals surface area contributed by atoms with E-state index in [1.54, 1.807) is 6.20 Å². The zero-order valence-corrected chi connectivity index (χ0v) is 10.8. The van der Waals surface area contributed by atoms with Crippen LogP contribution in [0.4, 0.5) is 5.82 Å². The number of aliphatic hydroxyl groups excluding tert-OH is 1. The topological polar surface area (TPSA) is 90.4 Å². The van der Waals surface area contributed by atoms with Gasteiger partial charge in [-0.2, -0.15) is 4.98 Å². The van der Waals surface area contributed by atoms with E-state index >= 15 is 0 Å². The molecule has 1 aromatic heterocycles. The molecule has 94 valence electrons. The van der Waals surface area contributed by atoms with Crippen LogP contribution in [0, 0.1) is 0 Å². The van der Waals surface area contributed by atoms with Crippen LogP contribution in [0.1, 0.15) is 25.5 Å². The van der Waals surface area contributed by atoms with Crippen LogP contribution in [0.5, 0.6) is 0 Å². The van der Waals surface area contributed by atoms with Crippen molar-refractivity contribution >= 4 is 21.7 Å². The minimum Gasteiger partial charge on any atom is -0.396 e. The van der Waals surface area contributed by atoms with Crippen molar-refractivity contribution in [3.8, 4) is 0 Å². The summed E-state index contributed by atoms with van der Waals surface area (Å²) >= 11 is 3.23. The molecule has 0 bridgehead atoms. The number of nitrogens with two attached hydrogens (primary N) is 1. The van der Waals surface area contributed by atoms with Gasteiger partial charge in [-0.05, 0) is 35.2 Å². The highest BCUT2D eigenvalue weighted by Crippen LogP contribution is 2.29. The maximum Gasteiger partial charge on any atom is 0.351 e. The Morgan fingerprint density at radius 3 is 3.12 bits per heavy atom. The quantitative estimate of drug-likeness (QED) is 0.855. The fourth-order valence-electron chi connectivity index (χ4n) is 1.91. The summed E-state index contributed by atoms with van der Waals surface area (Å²) in [6, 6.07) is 0. The summed E-state index contributed by atoms with van der Waals surface area (Å²) in [7, 11) is 0. The van der Waals surface area contributed by atoms with Crippen molar-refractivity contribution in [2.45, 2.75) is 31.6 Å². The molecule has 0 aliphatic carbocycles. The molecular formula is C10H14BrN3O3. The van der Waals surface area contributed by atoms with Gasteiger partial charge in [0.05, 0.1) is 10.6 Å². The maximum atomic E-state index is 11.7. The molecule has 2 rings (SSSR count). The van der Waals surface area contributed by atoms with E-state index in [9.17, 15) is 4.79 Å². The van der Waals surface area contributed by atoms with Gasteiger partial charge < -0.3 is 15.6 Å². The zero-order chi connectivity index (χ0) is 12.4. The number of hydrogen-bond donors (Lipinski definition) is 2. The molecule has 2 atom stereocenters. The molecule has 1 aliphatic heterocycles. The largest absolute Gasteiger partial charge is 0.396 e. The van der Waals surface area contributed by atoms with Crippen LogP contribution < -0.4 is 11.4 Å². The Morgan fingerprint density at radius 2 is 2.41 bits per heavy atom. The fourth-order valence-corrected chi connectivity index (χ4v) is 2.22. The molecule has 1 aliphatic rings. The first-order valence-corrected chi connectivity index (χ1v) is 6.21. The van der Waals surface area contributed by atoms with Crippen molar-refractivity contribution in [3.63, 3.8) is 0 Å². The van der Waals surface area contributed by atoms with Crippen molar-refractivity contribution in [1.82, 2.24) is 9.55 Å². The standard InChI is InChI=1S/C10H14BrN3O3/c11-7-5-14(10(16)13-9(7)12)8-2-1-6(17-8)3-4-15/h5-6,8,15H,1-4H2,(H2,12,13,16)/t6?,8-/m1/s1. The Morgan fingerprint density at radius 1 is 1.65 bits per heavy atom. The van der Waals surface area contributed by atoms with Gasteiger partial charge in [-0.25, -0.2) is 4.79 Å². The fraction of sp³-hybridized carbons (Fsp3) is 0.600. The van der Waals surface area contributed by atoms with E-state index in [0.29, 0.717) is 10.9 Å². The highest BCUT2D eigenvalue weighted by molar-refractivity contribution is 9.10. The third-order valence-electron chi connectivity index (χ3n) is 2.78. The molecule has 0 aromatic carbocycles. The Balaban J connectivity index is 2.19. The summed E-state index contributed by atoms with van der Waals surface area (Å²) in [6.07, 6.45) is 3.45. The molecule has 3 N–H and O–H groups in total. The van der Waals surface area contributed by atoms with E-state index in [0.717, 1.165) is 12.8 Å². The lowest BCUT2D eigenvalue weighted by atomic mass is 10.2. The Bertz CT molecular complexity index is 463. The Hall–Kier alpha value is -0.920. The molecule has 0 amide bonds. The zero-order valence-electron chi connectivity index (χ0n) is 9.17. The third-order valence-corrected chi connectivity index (χ3v) is 3.39. The predicted octanol–water partition coefficient (Wildman–Crippen LogP) is 0.648. The van der Waals surface area contributed by atoms with E-state index in [1.165, 1.54) is 4.57 Å². The molecule has 1 saturated heterocycles. The van der Waals surface area contributed by atoms with Crippen molar-refractivity contribution in [3.05, 3.63) is 21.2 Å². The summed E-state index contributed by atoms with van der Waals surface area (Å²) in [4.78, 5) is 15.4. The van der Waals surface area contributed by atoms with Crippen LogP contribution in [0.25, 0.3) is 0 Å². The number of halogens is 1. The number of hydrogen-bond acceptors (Lipinski definition) is 5. The van der Waals surface area contributed by atoms with E-state index in [4.69, 9.17) is 15.6 Å². The molecule has 1 unspecified atom stereocenters. The molecule has 17 heavy (non-hydrogen) atoms. The summed E-state index contributed by atoms with van der Waals surface area (Å²) in [5, 5.41) is 8.83. The second-order valence-corrected chi connectivity index (χ2v) is 4.82. The Kier molecular flexibility index (Phi) is 3.80. The van der Waals surface area contributed by atoms with Gasteiger partial charge in [-0.1, -0.05) is 0 Å². The number of nitrogens with zero attached hydrogens (tertiary/aromatic N) is 2. The summed E-state index contributed by atoms with van der Waals surface area (Å²) < 4.78 is 7.67. The lowest BCUT2D eigenvalue weighted by Crippen LogP contribution is -2.28. The van der Waals surface area contributed by atoms with E-state index in [-0.39, 0.29) is 24.8 Å². The first-order valence-electron chi connectivity index (χ1n) is 5.42. The van der Waals surface area contributed by atoms with Gasteiger partial charge in [-0.3, -0.25) is 4.57 Å². The van der Waals surface area contributed by atoms with Gasteiger partial charge in [-0.15, -0.1) is 0 Å². The van der Waals surface area contributed by atoms with Crippen molar-refractivity contribution in [2.75, 3.05) is 12.3 Å². The molecule has 1 fully saturated rings. The lowest BCUT2D eigenvalue weighted by molar-refractivity contribution is -0.0102. The summed E-state index contributed by atoms with van der Waals surface area (Å²) in [5.41, 5.74) is 5.10. The highest BCUT2D eigenvalue weighted by Gasteiger charge is 2.27. The first kappa shape index (κ1) is 12.5. The number of aliphatic hydroxyl groups is 1. The van der Waals surface area contributed by atoms with Gasteiger partial charge in [0.2, 0.25) is 0 Å². The van der Waals surface area contributed by atoms with Crippen molar-refractivity contribution in [2.24, 2.45) is 0 Å². The van der Waals surface area contributed by atoms with Crippen LogP contribution in [-0.2, 0) is 4.74 Å². The van der Waals surface area contributed by atoms with Crippen LogP contribution in [0.15, 0.2) is 15.5 Å². The van der Waals surface area contributed by atoms with Gasteiger partial charge in [0.15, 0.2) is 0 Å².